The van der Waals surface area contributed by atoms with E-state index < -0.39 is 0 Å². The maximum Gasteiger partial charge on any atom is 0.191 e. The fraction of sp³-hybridized carbons (Fsp3) is 0.600. The monoisotopic (exact) mass is 292 g/mol. The second-order valence-electron chi connectivity index (χ2n) is 5.20. The van der Waals surface area contributed by atoms with Gasteiger partial charge >= 0.3 is 0 Å². The first-order valence-corrected chi connectivity index (χ1v) is 8.42. The standard InChI is InChI=1S/C15H24N4S/c1-11-5-4-8-17-14(11)10-18-15(16-2)19-12-6-7-13(9-12)20-3/h4-5,8,12-13H,6-7,9-10H2,1-3H3,(H2,16,18,19). The van der Waals surface area contributed by atoms with Gasteiger partial charge in [0.1, 0.15) is 0 Å². The first-order valence-electron chi connectivity index (χ1n) is 7.13. The lowest BCUT2D eigenvalue weighted by Crippen LogP contribution is -2.42. The van der Waals surface area contributed by atoms with E-state index in [1.54, 1.807) is 0 Å². The molecule has 0 amide bonds. The summed E-state index contributed by atoms with van der Waals surface area (Å²) < 4.78 is 0. The van der Waals surface area contributed by atoms with Gasteiger partial charge in [-0.3, -0.25) is 9.98 Å². The van der Waals surface area contributed by atoms with Crippen molar-refractivity contribution >= 4 is 17.7 Å². The van der Waals surface area contributed by atoms with Crippen molar-refractivity contribution < 1.29 is 0 Å². The summed E-state index contributed by atoms with van der Waals surface area (Å²) in [6.45, 7) is 2.80. The number of nitrogens with one attached hydrogen (secondary N) is 2. The minimum Gasteiger partial charge on any atom is -0.354 e. The van der Waals surface area contributed by atoms with Crippen LogP contribution in [0.2, 0.25) is 0 Å². The Labute approximate surface area is 125 Å². The third-order valence-electron chi connectivity index (χ3n) is 3.82. The molecular weight excluding hydrogens is 268 g/mol. The fourth-order valence-electron chi connectivity index (χ4n) is 2.54. The quantitative estimate of drug-likeness (QED) is 0.660. The largest absolute Gasteiger partial charge is 0.354 e. The molecule has 2 N–H and O–H groups in total. The van der Waals surface area contributed by atoms with Crippen molar-refractivity contribution in [1.82, 2.24) is 15.6 Å². The molecule has 0 aliphatic heterocycles. The summed E-state index contributed by atoms with van der Waals surface area (Å²) in [5.74, 6) is 0.877. The number of thioether (sulfide) groups is 1. The van der Waals surface area contributed by atoms with Crippen LogP contribution in [-0.2, 0) is 6.54 Å². The lowest BCUT2D eigenvalue weighted by atomic mass is 10.2. The third kappa shape index (κ3) is 4.13. The van der Waals surface area contributed by atoms with Crippen LogP contribution in [-0.4, -0.2) is 35.5 Å². The van der Waals surface area contributed by atoms with E-state index in [1.165, 1.54) is 24.8 Å². The van der Waals surface area contributed by atoms with Gasteiger partial charge in [-0.25, -0.2) is 0 Å². The Morgan fingerprint density at radius 3 is 3.00 bits per heavy atom. The molecule has 1 aromatic heterocycles. The first-order chi connectivity index (χ1) is 9.72. The van der Waals surface area contributed by atoms with Gasteiger partial charge in [0.25, 0.3) is 0 Å². The van der Waals surface area contributed by atoms with E-state index >= 15 is 0 Å². The lowest BCUT2D eigenvalue weighted by Gasteiger charge is -2.17. The zero-order chi connectivity index (χ0) is 14.4. The van der Waals surface area contributed by atoms with Crippen LogP contribution in [0.4, 0.5) is 0 Å². The molecule has 1 saturated carbocycles. The number of aryl methyl sites for hydroxylation is 1. The predicted molar refractivity (Wildman–Crippen MR) is 87.3 cm³/mol. The van der Waals surface area contributed by atoms with Gasteiger partial charge in [-0.15, -0.1) is 0 Å². The van der Waals surface area contributed by atoms with Gasteiger partial charge in [0.2, 0.25) is 0 Å². The Morgan fingerprint density at radius 2 is 2.35 bits per heavy atom. The highest BCUT2D eigenvalue weighted by atomic mass is 32.2. The highest BCUT2D eigenvalue weighted by Crippen LogP contribution is 2.27. The number of guanidine groups is 1. The van der Waals surface area contributed by atoms with Gasteiger partial charge in [0, 0.05) is 24.5 Å². The molecule has 0 bridgehead atoms. The Morgan fingerprint density at radius 1 is 1.50 bits per heavy atom. The average molecular weight is 292 g/mol. The van der Waals surface area contributed by atoms with Crippen LogP contribution in [0.1, 0.15) is 30.5 Å². The molecule has 1 aliphatic rings. The summed E-state index contributed by atoms with van der Waals surface area (Å²) in [7, 11) is 1.82. The Balaban J connectivity index is 1.83. The molecule has 1 aliphatic carbocycles. The molecule has 2 unspecified atom stereocenters. The number of aromatic nitrogens is 1. The predicted octanol–water partition coefficient (Wildman–Crippen LogP) is 2.34. The Bertz CT molecular complexity index is 461. The summed E-state index contributed by atoms with van der Waals surface area (Å²) in [6, 6.07) is 4.59. The molecule has 2 atom stereocenters. The molecule has 1 fully saturated rings. The van der Waals surface area contributed by atoms with Crippen LogP contribution in [0.25, 0.3) is 0 Å². The summed E-state index contributed by atoms with van der Waals surface area (Å²) in [5, 5.41) is 7.67. The lowest BCUT2D eigenvalue weighted by molar-refractivity contribution is 0.613. The first kappa shape index (κ1) is 15.2. The van der Waals surface area contributed by atoms with Gasteiger partial charge in [-0.2, -0.15) is 11.8 Å². The summed E-state index contributed by atoms with van der Waals surface area (Å²) in [4.78, 5) is 8.70. The molecule has 0 radical (unpaired) electrons. The normalized spacial score (nSPS) is 22.9. The minimum absolute atomic E-state index is 0.545. The van der Waals surface area contributed by atoms with Crippen molar-refractivity contribution in [3.8, 4) is 0 Å². The molecule has 4 nitrogen and oxygen atoms in total. The van der Waals surface area contributed by atoms with Crippen molar-refractivity contribution in [3.05, 3.63) is 29.6 Å². The van der Waals surface area contributed by atoms with E-state index in [1.807, 2.05) is 31.1 Å². The van der Waals surface area contributed by atoms with Crippen molar-refractivity contribution in [1.29, 1.82) is 0 Å². The zero-order valence-corrected chi connectivity index (χ0v) is 13.3. The van der Waals surface area contributed by atoms with Crippen LogP contribution in [0.15, 0.2) is 23.3 Å². The van der Waals surface area contributed by atoms with Crippen LogP contribution in [0.3, 0.4) is 0 Å². The molecule has 110 valence electrons. The average Bonchev–Trinajstić information content (AvgIpc) is 2.92. The van der Waals surface area contributed by atoms with Crippen molar-refractivity contribution in [3.63, 3.8) is 0 Å². The van der Waals surface area contributed by atoms with Crippen molar-refractivity contribution in [2.24, 2.45) is 4.99 Å². The van der Waals surface area contributed by atoms with Gasteiger partial charge in [0.15, 0.2) is 5.96 Å². The Kier molecular flexibility index (Phi) is 5.71. The third-order valence-corrected chi connectivity index (χ3v) is 4.92. The number of hydrogen-bond donors (Lipinski definition) is 2. The van der Waals surface area contributed by atoms with E-state index in [2.05, 4.69) is 39.9 Å². The topological polar surface area (TPSA) is 49.3 Å². The maximum atomic E-state index is 4.39. The summed E-state index contributed by atoms with van der Waals surface area (Å²) in [6.07, 6.45) is 7.79. The smallest absolute Gasteiger partial charge is 0.191 e. The molecule has 20 heavy (non-hydrogen) atoms. The zero-order valence-electron chi connectivity index (χ0n) is 12.5. The van der Waals surface area contributed by atoms with E-state index in [0.29, 0.717) is 12.6 Å². The summed E-state index contributed by atoms with van der Waals surface area (Å²) in [5.41, 5.74) is 2.28. The van der Waals surface area contributed by atoms with Crippen LogP contribution < -0.4 is 10.6 Å². The van der Waals surface area contributed by atoms with E-state index in [9.17, 15) is 0 Å². The summed E-state index contributed by atoms with van der Waals surface area (Å²) >= 11 is 1.97. The van der Waals surface area contributed by atoms with Crippen LogP contribution >= 0.6 is 11.8 Å². The second kappa shape index (κ2) is 7.53. The molecular formula is C15H24N4S. The minimum atomic E-state index is 0.545. The molecule has 0 spiro atoms. The van der Waals surface area contributed by atoms with Gasteiger partial charge in [-0.1, -0.05) is 6.07 Å². The second-order valence-corrected chi connectivity index (χ2v) is 6.34. The molecule has 0 saturated heterocycles. The van der Waals surface area contributed by atoms with Crippen LogP contribution in [0.5, 0.6) is 0 Å². The Hall–Kier alpha value is -1.23. The number of aliphatic imine (C=N–C) groups is 1. The number of nitrogens with zero attached hydrogens (tertiary/aromatic N) is 2. The van der Waals surface area contributed by atoms with E-state index in [-0.39, 0.29) is 0 Å². The van der Waals surface area contributed by atoms with E-state index in [0.717, 1.165) is 16.9 Å². The SMILES string of the molecule is CN=C(NCc1ncccc1C)NC1CCC(SC)C1. The van der Waals surface area contributed by atoms with Gasteiger partial charge in [-0.05, 0) is 44.1 Å². The fourth-order valence-corrected chi connectivity index (χ4v) is 3.34. The number of rotatable bonds is 4. The van der Waals surface area contributed by atoms with Crippen molar-refractivity contribution in [2.75, 3.05) is 13.3 Å². The number of hydrogen-bond acceptors (Lipinski definition) is 3. The van der Waals surface area contributed by atoms with E-state index in [4.69, 9.17) is 0 Å². The van der Waals surface area contributed by atoms with Gasteiger partial charge in [0.05, 0.1) is 12.2 Å². The molecule has 1 heterocycles. The molecule has 1 aromatic rings. The molecule has 5 heteroatoms. The van der Waals surface area contributed by atoms with Crippen molar-refractivity contribution in [2.45, 2.75) is 44.0 Å². The maximum absolute atomic E-state index is 4.39. The highest BCUT2D eigenvalue weighted by molar-refractivity contribution is 7.99. The molecule has 2 rings (SSSR count). The van der Waals surface area contributed by atoms with Crippen LogP contribution in [0, 0.1) is 6.92 Å². The molecule has 0 aromatic carbocycles. The number of pyridine rings is 1. The van der Waals surface area contributed by atoms with Gasteiger partial charge < -0.3 is 10.6 Å². The highest BCUT2D eigenvalue weighted by Gasteiger charge is 2.24.